The average Bonchev–Trinajstić information content (AvgIpc) is 3.08. The summed E-state index contributed by atoms with van der Waals surface area (Å²) in [6.45, 7) is 3.24. The highest BCUT2D eigenvalue weighted by molar-refractivity contribution is 5.93. The topological polar surface area (TPSA) is 66.6 Å². The Morgan fingerprint density at radius 1 is 1.00 bits per heavy atom. The predicted molar refractivity (Wildman–Crippen MR) is 90.3 cm³/mol. The Labute approximate surface area is 137 Å². The van der Waals surface area contributed by atoms with E-state index in [0.717, 1.165) is 38.3 Å². The van der Waals surface area contributed by atoms with Gasteiger partial charge >= 0.3 is 0 Å². The Morgan fingerprint density at radius 2 is 1.61 bits per heavy atom. The fourth-order valence-electron chi connectivity index (χ4n) is 3.64. The first-order chi connectivity index (χ1) is 11.1. The van der Waals surface area contributed by atoms with Gasteiger partial charge in [-0.25, -0.2) is 0 Å². The molecule has 1 aromatic carbocycles. The molecular formula is C18H25N3O2. The smallest absolute Gasteiger partial charge is 0.248 e. The summed E-state index contributed by atoms with van der Waals surface area (Å²) in [5.41, 5.74) is 6.87. The maximum atomic E-state index is 12.4. The van der Waals surface area contributed by atoms with Crippen LogP contribution in [0.5, 0.6) is 0 Å². The Morgan fingerprint density at radius 3 is 2.17 bits per heavy atom. The highest BCUT2D eigenvalue weighted by Crippen LogP contribution is 2.28. The highest BCUT2D eigenvalue weighted by atomic mass is 16.2. The van der Waals surface area contributed by atoms with Crippen LogP contribution in [0.15, 0.2) is 24.3 Å². The molecule has 1 aliphatic carbocycles. The second kappa shape index (κ2) is 7.02. The van der Waals surface area contributed by atoms with Crippen molar-refractivity contribution in [3.63, 3.8) is 0 Å². The van der Waals surface area contributed by atoms with Crippen LogP contribution in [0, 0.1) is 5.92 Å². The van der Waals surface area contributed by atoms with Crippen molar-refractivity contribution in [1.29, 1.82) is 0 Å². The quantitative estimate of drug-likeness (QED) is 0.924. The van der Waals surface area contributed by atoms with E-state index in [9.17, 15) is 9.59 Å². The average molecular weight is 315 g/mol. The van der Waals surface area contributed by atoms with Gasteiger partial charge in [0.25, 0.3) is 0 Å². The van der Waals surface area contributed by atoms with Gasteiger partial charge in [-0.1, -0.05) is 12.8 Å². The number of primary amides is 1. The first kappa shape index (κ1) is 15.8. The molecule has 2 aliphatic rings. The fourth-order valence-corrected chi connectivity index (χ4v) is 3.64. The van der Waals surface area contributed by atoms with E-state index in [1.54, 1.807) is 12.1 Å². The molecule has 0 unspecified atom stereocenters. The number of carbonyl (C=O) groups excluding carboxylic acids is 2. The molecule has 1 aliphatic heterocycles. The molecule has 3 rings (SSSR count). The number of hydrogen-bond acceptors (Lipinski definition) is 3. The first-order valence-corrected chi connectivity index (χ1v) is 8.56. The van der Waals surface area contributed by atoms with Crippen molar-refractivity contribution in [3.8, 4) is 0 Å². The predicted octanol–water partition coefficient (Wildman–Crippen LogP) is 2.01. The minimum atomic E-state index is -0.404. The molecule has 5 nitrogen and oxygen atoms in total. The third kappa shape index (κ3) is 3.84. The molecule has 2 fully saturated rings. The SMILES string of the molecule is NC(=O)c1ccc(N2CCN(C(=O)CC3CCCC3)CC2)cc1. The van der Waals surface area contributed by atoms with Crippen LogP contribution >= 0.6 is 0 Å². The lowest BCUT2D eigenvalue weighted by Crippen LogP contribution is -2.49. The van der Waals surface area contributed by atoms with E-state index in [0.29, 0.717) is 17.4 Å². The zero-order valence-electron chi connectivity index (χ0n) is 13.5. The second-order valence-corrected chi connectivity index (χ2v) is 6.63. The molecule has 124 valence electrons. The fraction of sp³-hybridized carbons (Fsp3) is 0.556. The van der Waals surface area contributed by atoms with Gasteiger partial charge < -0.3 is 15.5 Å². The van der Waals surface area contributed by atoms with E-state index in [1.165, 1.54) is 25.7 Å². The van der Waals surface area contributed by atoms with Gasteiger partial charge in [0.2, 0.25) is 11.8 Å². The van der Waals surface area contributed by atoms with Gasteiger partial charge in [-0.3, -0.25) is 9.59 Å². The van der Waals surface area contributed by atoms with Crippen LogP contribution in [-0.4, -0.2) is 42.9 Å². The number of rotatable bonds is 4. The van der Waals surface area contributed by atoms with Crippen molar-refractivity contribution in [2.75, 3.05) is 31.1 Å². The lowest BCUT2D eigenvalue weighted by Gasteiger charge is -2.36. The molecule has 2 N–H and O–H groups in total. The van der Waals surface area contributed by atoms with Crippen molar-refractivity contribution in [1.82, 2.24) is 4.90 Å². The van der Waals surface area contributed by atoms with Crippen molar-refractivity contribution in [2.45, 2.75) is 32.1 Å². The van der Waals surface area contributed by atoms with E-state index in [1.807, 2.05) is 17.0 Å². The van der Waals surface area contributed by atoms with Gasteiger partial charge in [-0.15, -0.1) is 0 Å². The number of hydrogen-bond donors (Lipinski definition) is 1. The molecule has 2 amide bonds. The molecule has 0 radical (unpaired) electrons. The van der Waals surface area contributed by atoms with Crippen molar-refractivity contribution in [3.05, 3.63) is 29.8 Å². The summed E-state index contributed by atoms with van der Waals surface area (Å²) in [6.07, 6.45) is 5.74. The van der Waals surface area contributed by atoms with Crippen LogP contribution < -0.4 is 10.6 Å². The summed E-state index contributed by atoms with van der Waals surface area (Å²) < 4.78 is 0. The van der Waals surface area contributed by atoms with E-state index in [4.69, 9.17) is 5.73 Å². The standard InChI is InChI=1S/C18H25N3O2/c19-18(23)15-5-7-16(8-6-15)20-9-11-21(12-10-20)17(22)13-14-3-1-2-4-14/h5-8,14H,1-4,9-13H2,(H2,19,23). The van der Waals surface area contributed by atoms with Crippen LogP contribution in [0.1, 0.15) is 42.5 Å². The molecule has 23 heavy (non-hydrogen) atoms. The summed E-state index contributed by atoms with van der Waals surface area (Å²) in [6, 6.07) is 7.37. The highest BCUT2D eigenvalue weighted by Gasteiger charge is 2.25. The Bertz CT molecular complexity index is 556. The number of amides is 2. The van der Waals surface area contributed by atoms with Crippen LogP contribution in [0.4, 0.5) is 5.69 Å². The number of carbonyl (C=O) groups is 2. The van der Waals surface area contributed by atoms with E-state index in [2.05, 4.69) is 4.90 Å². The molecule has 0 bridgehead atoms. The maximum Gasteiger partial charge on any atom is 0.248 e. The minimum absolute atomic E-state index is 0.320. The van der Waals surface area contributed by atoms with E-state index in [-0.39, 0.29) is 0 Å². The maximum absolute atomic E-state index is 12.4. The number of nitrogens with two attached hydrogens (primary N) is 1. The van der Waals surface area contributed by atoms with Crippen molar-refractivity contribution in [2.24, 2.45) is 11.7 Å². The first-order valence-electron chi connectivity index (χ1n) is 8.56. The monoisotopic (exact) mass is 315 g/mol. The summed E-state index contributed by atoms with van der Waals surface area (Å²) in [7, 11) is 0. The molecular weight excluding hydrogens is 290 g/mol. The third-order valence-corrected chi connectivity index (χ3v) is 5.09. The third-order valence-electron chi connectivity index (χ3n) is 5.09. The summed E-state index contributed by atoms with van der Waals surface area (Å²) >= 11 is 0. The molecule has 1 saturated carbocycles. The zero-order chi connectivity index (χ0) is 16.2. The Balaban J connectivity index is 1.51. The molecule has 1 heterocycles. The molecule has 0 atom stereocenters. The van der Waals surface area contributed by atoms with Gasteiger partial charge in [0, 0.05) is 43.9 Å². The summed E-state index contributed by atoms with van der Waals surface area (Å²) in [4.78, 5) is 27.7. The van der Waals surface area contributed by atoms with E-state index >= 15 is 0 Å². The zero-order valence-corrected chi connectivity index (χ0v) is 13.5. The molecule has 1 aromatic rings. The van der Waals surface area contributed by atoms with Crippen LogP contribution in [-0.2, 0) is 4.79 Å². The largest absolute Gasteiger partial charge is 0.368 e. The van der Waals surface area contributed by atoms with Crippen molar-refractivity contribution < 1.29 is 9.59 Å². The van der Waals surface area contributed by atoms with Gasteiger partial charge in [0.05, 0.1) is 0 Å². The molecule has 1 saturated heterocycles. The van der Waals surface area contributed by atoms with Crippen molar-refractivity contribution >= 4 is 17.5 Å². The summed E-state index contributed by atoms with van der Waals surface area (Å²) in [5.74, 6) is 0.529. The van der Waals surface area contributed by atoms with Gasteiger partial charge in [-0.05, 0) is 43.0 Å². The lowest BCUT2D eigenvalue weighted by atomic mass is 10.0. The second-order valence-electron chi connectivity index (χ2n) is 6.63. The number of piperazine rings is 1. The normalized spacial score (nSPS) is 19.1. The Kier molecular flexibility index (Phi) is 4.84. The van der Waals surface area contributed by atoms with Gasteiger partial charge in [0.1, 0.15) is 0 Å². The van der Waals surface area contributed by atoms with Gasteiger partial charge in [-0.2, -0.15) is 0 Å². The number of nitrogens with zero attached hydrogens (tertiary/aromatic N) is 2. The Hall–Kier alpha value is -2.04. The van der Waals surface area contributed by atoms with Crippen LogP contribution in [0.25, 0.3) is 0 Å². The lowest BCUT2D eigenvalue weighted by molar-refractivity contribution is -0.132. The number of anilines is 1. The van der Waals surface area contributed by atoms with E-state index < -0.39 is 5.91 Å². The van der Waals surface area contributed by atoms with Crippen LogP contribution in [0.2, 0.25) is 0 Å². The van der Waals surface area contributed by atoms with Crippen LogP contribution in [0.3, 0.4) is 0 Å². The molecule has 0 aromatic heterocycles. The number of benzene rings is 1. The minimum Gasteiger partial charge on any atom is -0.368 e. The molecule has 0 spiro atoms. The molecule has 5 heteroatoms. The van der Waals surface area contributed by atoms with Gasteiger partial charge in [0.15, 0.2) is 0 Å². The summed E-state index contributed by atoms with van der Waals surface area (Å²) in [5, 5.41) is 0.